The summed E-state index contributed by atoms with van der Waals surface area (Å²) in [5, 5.41) is 5.07. The van der Waals surface area contributed by atoms with Crippen LogP contribution in [0.25, 0.3) is 0 Å². The number of para-hydroxylation sites is 1. The topological polar surface area (TPSA) is 29.1 Å². The Bertz CT molecular complexity index is 476. The number of Topliss-reactive ketones (excluding diaryl/α,β-unsaturated/α-hetero) is 1. The maximum atomic E-state index is 11.8. The molecule has 2 rings (SSSR count). The van der Waals surface area contributed by atoms with Crippen molar-refractivity contribution >= 4 is 22.8 Å². The van der Waals surface area contributed by atoms with Crippen LogP contribution in [-0.2, 0) is 0 Å². The molecule has 1 heterocycles. The number of thiophene rings is 1. The first-order chi connectivity index (χ1) is 7.77. The van der Waals surface area contributed by atoms with Crippen molar-refractivity contribution in [2.24, 2.45) is 0 Å². The van der Waals surface area contributed by atoms with Crippen LogP contribution < -0.4 is 5.32 Å². The van der Waals surface area contributed by atoms with Crippen LogP contribution >= 0.6 is 11.3 Å². The average molecular weight is 231 g/mol. The molecule has 82 valence electrons. The molecule has 0 fully saturated rings. The van der Waals surface area contributed by atoms with Gasteiger partial charge in [0.2, 0.25) is 0 Å². The highest BCUT2D eigenvalue weighted by Gasteiger charge is 2.09. The maximum absolute atomic E-state index is 11.8. The second-order valence-electron chi connectivity index (χ2n) is 3.58. The lowest BCUT2D eigenvalue weighted by Gasteiger charge is -2.04. The highest BCUT2D eigenvalue weighted by atomic mass is 32.1. The Morgan fingerprint density at radius 1 is 1.25 bits per heavy atom. The molecule has 0 spiro atoms. The lowest BCUT2D eigenvalue weighted by Crippen LogP contribution is -2.13. The predicted molar refractivity (Wildman–Crippen MR) is 68.3 cm³/mol. The summed E-state index contributed by atoms with van der Waals surface area (Å²) < 4.78 is 0. The molecule has 0 radical (unpaired) electrons. The van der Waals surface area contributed by atoms with Gasteiger partial charge >= 0.3 is 0 Å². The Labute approximate surface area is 98.9 Å². The third-order valence-corrected chi connectivity index (χ3v) is 3.40. The van der Waals surface area contributed by atoms with E-state index in [2.05, 4.69) is 5.32 Å². The number of anilines is 1. The van der Waals surface area contributed by atoms with E-state index in [1.165, 1.54) is 11.3 Å². The van der Waals surface area contributed by atoms with Crippen LogP contribution in [0.1, 0.15) is 15.2 Å². The van der Waals surface area contributed by atoms with Gasteiger partial charge < -0.3 is 5.32 Å². The van der Waals surface area contributed by atoms with Crippen LogP contribution in [0.3, 0.4) is 0 Å². The number of ketones is 1. The highest BCUT2D eigenvalue weighted by Crippen LogP contribution is 2.16. The molecule has 0 aliphatic rings. The molecule has 1 N–H and O–H groups in total. The van der Waals surface area contributed by atoms with E-state index in [9.17, 15) is 4.79 Å². The Morgan fingerprint density at radius 2 is 2.00 bits per heavy atom. The molecule has 0 bridgehead atoms. The molecule has 16 heavy (non-hydrogen) atoms. The van der Waals surface area contributed by atoms with Crippen LogP contribution in [0, 0.1) is 6.92 Å². The van der Waals surface area contributed by atoms with Crippen molar-refractivity contribution in [1.29, 1.82) is 0 Å². The number of hydrogen-bond acceptors (Lipinski definition) is 3. The van der Waals surface area contributed by atoms with Crippen LogP contribution in [0.2, 0.25) is 0 Å². The number of carbonyl (C=O) groups is 1. The van der Waals surface area contributed by atoms with E-state index < -0.39 is 0 Å². The first-order valence-corrected chi connectivity index (χ1v) is 6.01. The Morgan fingerprint density at radius 3 is 2.62 bits per heavy atom. The van der Waals surface area contributed by atoms with Crippen LogP contribution in [0.15, 0.2) is 41.8 Å². The standard InChI is InChI=1S/C13H13NOS/c1-10-7-8-16-13(10)12(15)9-14-11-5-3-2-4-6-11/h2-8,14H,9H2,1H3. The van der Waals surface area contributed by atoms with Crippen molar-refractivity contribution in [2.45, 2.75) is 6.92 Å². The molecule has 2 aromatic rings. The van der Waals surface area contributed by atoms with Crippen molar-refractivity contribution in [3.63, 3.8) is 0 Å². The van der Waals surface area contributed by atoms with E-state index in [0.717, 1.165) is 16.1 Å². The second-order valence-corrected chi connectivity index (χ2v) is 4.49. The minimum absolute atomic E-state index is 0.149. The van der Waals surface area contributed by atoms with Gasteiger partial charge in [0.05, 0.1) is 11.4 Å². The zero-order chi connectivity index (χ0) is 11.4. The van der Waals surface area contributed by atoms with Gasteiger partial charge in [-0.2, -0.15) is 0 Å². The lowest BCUT2D eigenvalue weighted by molar-refractivity contribution is 0.101. The summed E-state index contributed by atoms with van der Waals surface area (Å²) in [5.74, 6) is 0.149. The molecule has 2 nitrogen and oxygen atoms in total. The van der Waals surface area contributed by atoms with Gasteiger partial charge in [-0.05, 0) is 36.1 Å². The predicted octanol–water partition coefficient (Wildman–Crippen LogP) is 3.35. The van der Waals surface area contributed by atoms with Crippen LogP contribution in [-0.4, -0.2) is 12.3 Å². The summed E-state index contributed by atoms with van der Waals surface area (Å²) in [6.07, 6.45) is 0. The summed E-state index contributed by atoms with van der Waals surface area (Å²) in [6.45, 7) is 2.32. The Kier molecular flexibility index (Phi) is 3.37. The van der Waals surface area contributed by atoms with Crippen LogP contribution in [0.4, 0.5) is 5.69 Å². The number of benzene rings is 1. The molecule has 1 aromatic heterocycles. The van der Waals surface area contributed by atoms with Crippen LogP contribution in [0.5, 0.6) is 0 Å². The van der Waals surface area contributed by atoms with Gasteiger partial charge in [-0.1, -0.05) is 18.2 Å². The van der Waals surface area contributed by atoms with Gasteiger partial charge in [-0.3, -0.25) is 4.79 Å². The molecule has 0 atom stereocenters. The molecule has 0 aliphatic carbocycles. The monoisotopic (exact) mass is 231 g/mol. The van der Waals surface area contributed by atoms with Crippen molar-refractivity contribution in [3.8, 4) is 0 Å². The Balaban J connectivity index is 1.97. The minimum Gasteiger partial charge on any atom is -0.378 e. The van der Waals surface area contributed by atoms with E-state index in [1.807, 2.05) is 48.7 Å². The van der Waals surface area contributed by atoms with Gasteiger partial charge in [-0.25, -0.2) is 0 Å². The summed E-state index contributed by atoms with van der Waals surface area (Å²) >= 11 is 1.50. The van der Waals surface area contributed by atoms with Gasteiger partial charge in [-0.15, -0.1) is 11.3 Å². The quantitative estimate of drug-likeness (QED) is 0.817. The van der Waals surface area contributed by atoms with E-state index in [1.54, 1.807) is 0 Å². The van der Waals surface area contributed by atoms with E-state index in [-0.39, 0.29) is 5.78 Å². The molecular weight excluding hydrogens is 218 g/mol. The normalized spacial score (nSPS) is 10.1. The highest BCUT2D eigenvalue weighted by molar-refractivity contribution is 7.12. The van der Waals surface area contributed by atoms with Gasteiger partial charge in [0, 0.05) is 5.69 Å². The number of hydrogen-bond donors (Lipinski definition) is 1. The summed E-state index contributed by atoms with van der Waals surface area (Å²) in [6, 6.07) is 11.7. The molecule has 1 aromatic carbocycles. The molecule has 3 heteroatoms. The molecule has 0 saturated carbocycles. The summed E-state index contributed by atoms with van der Waals surface area (Å²) in [7, 11) is 0. The second kappa shape index (κ2) is 4.94. The first-order valence-electron chi connectivity index (χ1n) is 5.13. The fourth-order valence-electron chi connectivity index (χ4n) is 1.48. The summed E-state index contributed by atoms with van der Waals surface area (Å²) in [4.78, 5) is 12.7. The van der Waals surface area contributed by atoms with Gasteiger partial charge in [0.25, 0.3) is 0 Å². The number of rotatable bonds is 4. The van der Waals surface area contributed by atoms with E-state index in [0.29, 0.717) is 6.54 Å². The largest absolute Gasteiger partial charge is 0.378 e. The lowest BCUT2D eigenvalue weighted by atomic mass is 10.2. The van der Waals surface area contributed by atoms with E-state index in [4.69, 9.17) is 0 Å². The zero-order valence-electron chi connectivity index (χ0n) is 9.07. The first kappa shape index (κ1) is 10.9. The van der Waals surface area contributed by atoms with Gasteiger partial charge in [0.1, 0.15) is 0 Å². The van der Waals surface area contributed by atoms with Crippen molar-refractivity contribution < 1.29 is 4.79 Å². The number of aryl methyl sites for hydroxylation is 1. The smallest absolute Gasteiger partial charge is 0.192 e. The average Bonchev–Trinajstić information content (AvgIpc) is 2.74. The SMILES string of the molecule is Cc1ccsc1C(=O)CNc1ccccc1. The molecular formula is C13H13NOS. The molecule has 0 saturated heterocycles. The summed E-state index contributed by atoms with van der Waals surface area (Å²) in [5.41, 5.74) is 2.04. The third-order valence-electron chi connectivity index (χ3n) is 2.34. The third kappa shape index (κ3) is 2.49. The fourth-order valence-corrected chi connectivity index (χ4v) is 2.34. The number of carbonyl (C=O) groups excluding carboxylic acids is 1. The fraction of sp³-hybridized carbons (Fsp3) is 0.154. The minimum atomic E-state index is 0.149. The molecule has 0 amide bonds. The van der Waals surface area contributed by atoms with Crippen molar-refractivity contribution in [2.75, 3.05) is 11.9 Å². The molecule has 0 aliphatic heterocycles. The maximum Gasteiger partial charge on any atom is 0.192 e. The number of nitrogens with one attached hydrogen (secondary N) is 1. The Hall–Kier alpha value is -1.61. The molecule has 0 unspecified atom stereocenters. The van der Waals surface area contributed by atoms with E-state index >= 15 is 0 Å². The van der Waals surface area contributed by atoms with Crippen molar-refractivity contribution in [1.82, 2.24) is 0 Å². The zero-order valence-corrected chi connectivity index (χ0v) is 9.88. The van der Waals surface area contributed by atoms with Crippen molar-refractivity contribution in [3.05, 3.63) is 52.2 Å². The van der Waals surface area contributed by atoms with Gasteiger partial charge in [0.15, 0.2) is 5.78 Å².